The monoisotopic (exact) mass is 248 g/mol. The van der Waals surface area contributed by atoms with Gasteiger partial charge in [-0.25, -0.2) is 0 Å². The second-order valence-electron chi connectivity index (χ2n) is 4.44. The van der Waals surface area contributed by atoms with Gasteiger partial charge in [-0.3, -0.25) is 0 Å². The molecule has 2 atom stereocenters. The molecule has 18 heavy (non-hydrogen) atoms. The molecule has 2 rings (SSSR count). The Labute approximate surface area is 108 Å². The number of allylic oxidation sites excluding steroid dienone is 1. The van der Waals surface area contributed by atoms with Crippen LogP contribution < -0.4 is 4.74 Å². The fraction of sp³-hybridized carbons (Fsp3) is 0.467. The lowest BCUT2D eigenvalue weighted by Crippen LogP contribution is -2.19. The summed E-state index contributed by atoms with van der Waals surface area (Å²) in [6.45, 7) is 5.18. The van der Waals surface area contributed by atoms with E-state index in [1.807, 2.05) is 30.3 Å². The highest BCUT2D eigenvalue weighted by molar-refractivity contribution is 5.26. The van der Waals surface area contributed by atoms with E-state index >= 15 is 0 Å². The minimum absolute atomic E-state index is 0.185. The van der Waals surface area contributed by atoms with Gasteiger partial charge in [-0.05, 0) is 30.5 Å². The number of ether oxygens (including phenoxy) is 3. The Morgan fingerprint density at radius 2 is 2.17 bits per heavy atom. The number of benzene rings is 1. The lowest BCUT2D eigenvalue weighted by atomic mass is 10.1. The first-order valence-corrected chi connectivity index (χ1v) is 6.30. The van der Waals surface area contributed by atoms with Crippen molar-refractivity contribution in [2.24, 2.45) is 0 Å². The Morgan fingerprint density at radius 1 is 1.44 bits per heavy atom. The largest absolute Gasteiger partial charge is 0.497 e. The van der Waals surface area contributed by atoms with Crippen LogP contribution in [0.25, 0.3) is 0 Å². The zero-order valence-corrected chi connectivity index (χ0v) is 10.8. The van der Waals surface area contributed by atoms with E-state index in [0.717, 1.165) is 30.8 Å². The molecule has 3 nitrogen and oxygen atoms in total. The van der Waals surface area contributed by atoms with Crippen molar-refractivity contribution in [3.63, 3.8) is 0 Å². The standard InChI is InChI=1S/C15H20O3/c1-3-4-5-14(15-11-18-15)17-10-12-6-8-13(16-2)9-7-12/h3,6-9,14-15H,1,4-5,10-11H2,2H3/t14-,15-/m0/s1. The molecule has 1 aliphatic heterocycles. The van der Waals surface area contributed by atoms with E-state index in [1.165, 1.54) is 0 Å². The summed E-state index contributed by atoms with van der Waals surface area (Å²) in [7, 11) is 1.67. The zero-order valence-electron chi connectivity index (χ0n) is 10.8. The molecule has 1 heterocycles. The first kappa shape index (κ1) is 13.1. The van der Waals surface area contributed by atoms with E-state index in [4.69, 9.17) is 14.2 Å². The maximum absolute atomic E-state index is 5.91. The molecule has 1 aromatic carbocycles. The first-order chi connectivity index (χ1) is 8.83. The fourth-order valence-corrected chi connectivity index (χ4v) is 1.85. The van der Waals surface area contributed by atoms with Gasteiger partial charge < -0.3 is 14.2 Å². The summed E-state index contributed by atoms with van der Waals surface area (Å²) in [5, 5.41) is 0. The molecule has 0 saturated carbocycles. The summed E-state index contributed by atoms with van der Waals surface area (Å²) < 4.78 is 16.4. The summed E-state index contributed by atoms with van der Waals surface area (Å²) in [5.41, 5.74) is 1.15. The highest BCUT2D eigenvalue weighted by Crippen LogP contribution is 2.22. The van der Waals surface area contributed by atoms with Gasteiger partial charge >= 0.3 is 0 Å². The van der Waals surface area contributed by atoms with Gasteiger partial charge in [-0.2, -0.15) is 0 Å². The highest BCUT2D eigenvalue weighted by Gasteiger charge is 2.32. The predicted molar refractivity (Wildman–Crippen MR) is 70.7 cm³/mol. The maximum atomic E-state index is 5.91. The third kappa shape index (κ3) is 3.86. The van der Waals surface area contributed by atoms with Crippen molar-refractivity contribution in [2.75, 3.05) is 13.7 Å². The van der Waals surface area contributed by atoms with Gasteiger partial charge in [0.1, 0.15) is 11.9 Å². The minimum Gasteiger partial charge on any atom is -0.497 e. The van der Waals surface area contributed by atoms with Gasteiger partial charge in [0.15, 0.2) is 0 Å². The fourth-order valence-electron chi connectivity index (χ4n) is 1.85. The quantitative estimate of drug-likeness (QED) is 0.523. The number of epoxide rings is 1. The summed E-state index contributed by atoms with van der Waals surface area (Å²) in [4.78, 5) is 0. The van der Waals surface area contributed by atoms with Crippen LogP contribution in [0.2, 0.25) is 0 Å². The summed E-state index contributed by atoms with van der Waals surface area (Å²) in [5.74, 6) is 0.868. The van der Waals surface area contributed by atoms with Crippen LogP contribution in [0.5, 0.6) is 5.75 Å². The Bertz CT molecular complexity index is 368. The number of hydrogen-bond donors (Lipinski definition) is 0. The van der Waals surface area contributed by atoms with E-state index in [9.17, 15) is 0 Å². The molecule has 0 amide bonds. The molecular formula is C15H20O3. The molecule has 0 bridgehead atoms. The van der Waals surface area contributed by atoms with Crippen LogP contribution in [0.1, 0.15) is 18.4 Å². The SMILES string of the molecule is C=CCC[C@H](OCc1ccc(OC)cc1)[C@@H]1CO1. The van der Waals surface area contributed by atoms with Gasteiger partial charge in [0.25, 0.3) is 0 Å². The third-order valence-corrected chi connectivity index (χ3v) is 3.05. The average Bonchev–Trinajstić information content (AvgIpc) is 3.24. The molecule has 0 aromatic heterocycles. The summed E-state index contributed by atoms with van der Waals surface area (Å²) in [6, 6.07) is 7.95. The zero-order chi connectivity index (χ0) is 12.8. The van der Waals surface area contributed by atoms with Gasteiger partial charge in [-0.1, -0.05) is 18.2 Å². The molecule has 1 fully saturated rings. The smallest absolute Gasteiger partial charge is 0.118 e. The molecule has 0 unspecified atom stereocenters. The van der Waals surface area contributed by atoms with Crippen LogP contribution in [0, 0.1) is 0 Å². The van der Waals surface area contributed by atoms with Crippen molar-refractivity contribution in [3.05, 3.63) is 42.5 Å². The molecular weight excluding hydrogens is 228 g/mol. The number of methoxy groups -OCH3 is 1. The second kappa shape index (κ2) is 6.57. The Balaban J connectivity index is 1.81. The molecule has 98 valence electrons. The van der Waals surface area contributed by atoms with Crippen LogP contribution in [0.15, 0.2) is 36.9 Å². The van der Waals surface area contributed by atoms with Gasteiger partial charge in [0.05, 0.1) is 26.4 Å². The Hall–Kier alpha value is -1.32. The summed E-state index contributed by atoms with van der Waals surface area (Å²) >= 11 is 0. The van der Waals surface area contributed by atoms with Crippen LogP contribution in [0.3, 0.4) is 0 Å². The lowest BCUT2D eigenvalue weighted by Gasteiger charge is -2.15. The summed E-state index contributed by atoms with van der Waals surface area (Å²) in [6.07, 6.45) is 4.33. The van der Waals surface area contributed by atoms with Crippen molar-refractivity contribution in [1.82, 2.24) is 0 Å². The molecule has 0 spiro atoms. The minimum atomic E-state index is 0.185. The molecule has 1 aliphatic rings. The van der Waals surface area contributed by atoms with Crippen LogP contribution in [-0.2, 0) is 16.1 Å². The predicted octanol–water partition coefficient (Wildman–Crippen LogP) is 2.95. The van der Waals surface area contributed by atoms with E-state index in [1.54, 1.807) is 7.11 Å². The van der Waals surface area contributed by atoms with Crippen LogP contribution >= 0.6 is 0 Å². The number of rotatable bonds is 8. The molecule has 0 radical (unpaired) electrons. The first-order valence-electron chi connectivity index (χ1n) is 6.30. The molecule has 1 saturated heterocycles. The van der Waals surface area contributed by atoms with Gasteiger partial charge in [0.2, 0.25) is 0 Å². The normalized spacial score (nSPS) is 19.3. The number of hydrogen-bond acceptors (Lipinski definition) is 3. The van der Waals surface area contributed by atoms with Crippen molar-refractivity contribution in [1.29, 1.82) is 0 Å². The van der Waals surface area contributed by atoms with Crippen molar-refractivity contribution < 1.29 is 14.2 Å². The van der Waals surface area contributed by atoms with E-state index < -0.39 is 0 Å². The van der Waals surface area contributed by atoms with Crippen molar-refractivity contribution in [3.8, 4) is 5.75 Å². The molecule has 0 N–H and O–H groups in total. The second-order valence-corrected chi connectivity index (χ2v) is 4.44. The molecule has 0 aliphatic carbocycles. The average molecular weight is 248 g/mol. The molecule has 1 aromatic rings. The van der Waals surface area contributed by atoms with Crippen molar-refractivity contribution >= 4 is 0 Å². The van der Waals surface area contributed by atoms with E-state index in [2.05, 4.69) is 6.58 Å². The van der Waals surface area contributed by atoms with E-state index in [-0.39, 0.29) is 12.2 Å². The van der Waals surface area contributed by atoms with Crippen LogP contribution in [0.4, 0.5) is 0 Å². The van der Waals surface area contributed by atoms with Gasteiger partial charge in [0, 0.05) is 0 Å². The van der Waals surface area contributed by atoms with Crippen molar-refractivity contribution in [2.45, 2.75) is 31.7 Å². The lowest BCUT2D eigenvalue weighted by molar-refractivity contribution is 0.0170. The topological polar surface area (TPSA) is 31.0 Å². The Morgan fingerprint density at radius 3 is 2.72 bits per heavy atom. The molecule has 3 heteroatoms. The highest BCUT2D eigenvalue weighted by atomic mass is 16.6. The Kier molecular flexibility index (Phi) is 4.79. The van der Waals surface area contributed by atoms with E-state index in [0.29, 0.717) is 6.61 Å². The van der Waals surface area contributed by atoms with Gasteiger partial charge in [-0.15, -0.1) is 6.58 Å². The third-order valence-electron chi connectivity index (χ3n) is 3.05. The van der Waals surface area contributed by atoms with Crippen LogP contribution in [-0.4, -0.2) is 25.9 Å². The maximum Gasteiger partial charge on any atom is 0.118 e.